The summed E-state index contributed by atoms with van der Waals surface area (Å²) in [7, 11) is 0. The lowest BCUT2D eigenvalue weighted by molar-refractivity contribution is -0.139. The zero-order chi connectivity index (χ0) is 41.4. The van der Waals surface area contributed by atoms with Gasteiger partial charge in [0.25, 0.3) is 11.8 Å². The largest absolute Gasteiger partial charge is 0.396 e. The molecule has 56 heavy (non-hydrogen) atoms. The van der Waals surface area contributed by atoms with Crippen molar-refractivity contribution in [2.75, 3.05) is 112 Å². The van der Waals surface area contributed by atoms with Crippen LogP contribution in [0.25, 0.3) is 0 Å². The molecule has 2 aliphatic heterocycles. The molecular weight excluding hydrogens is 760 g/mol. The highest BCUT2D eigenvalue weighted by Gasteiger charge is 2.37. The minimum atomic E-state index is -0.344. The molecule has 1 atom stereocenters. The van der Waals surface area contributed by atoms with Crippen LogP contribution in [0.3, 0.4) is 0 Å². The molecule has 0 aromatic carbocycles. The normalized spacial score (nSPS) is 14.9. The van der Waals surface area contributed by atoms with Crippen molar-refractivity contribution in [3.8, 4) is 0 Å². The first-order chi connectivity index (χ1) is 27.0. The zero-order valence-corrected chi connectivity index (χ0v) is 32.9. The predicted octanol–water partition coefficient (Wildman–Crippen LogP) is -2.76. The van der Waals surface area contributed by atoms with Gasteiger partial charge in [-0.15, -0.1) is 0 Å². The van der Waals surface area contributed by atoms with E-state index in [2.05, 4.69) is 21.3 Å². The van der Waals surface area contributed by atoms with Crippen LogP contribution in [0, 0.1) is 0 Å². The van der Waals surface area contributed by atoms with E-state index in [4.69, 9.17) is 29.2 Å². The van der Waals surface area contributed by atoms with Crippen LogP contribution in [0.5, 0.6) is 0 Å². The van der Waals surface area contributed by atoms with Crippen LogP contribution in [0.1, 0.15) is 44.9 Å². The van der Waals surface area contributed by atoms with E-state index in [0.29, 0.717) is 91.9 Å². The van der Waals surface area contributed by atoms with Crippen molar-refractivity contribution in [3.05, 3.63) is 12.2 Å². The fraction of sp³-hybridized carbons (Fsp3) is 0.714. The molecule has 6 N–H and O–H groups in total. The van der Waals surface area contributed by atoms with Crippen molar-refractivity contribution in [2.24, 2.45) is 0 Å². The number of nitrogens with zero attached hydrogens (tertiary/aromatic N) is 2. The first-order valence-corrected chi connectivity index (χ1v) is 19.8. The van der Waals surface area contributed by atoms with Gasteiger partial charge in [-0.1, -0.05) is 0 Å². The standard InChI is InChI=1S/C18H31N3O7S.C17H27N3O7/c1-29-14-13-17(25)21(18(14)26)7-2-3-15(23)19-5-9-27-11-12-28-10-6-20-16(24)4-8-22;21-9-5-15(23)19-7-11-27-13-12-26-10-6-18-14(22)2-1-8-20-16(24)3-4-17(20)25/h14,22H,2-13H2,1H3,(H,19,23)(H,20,24);3-4,21H,1-2,5-13H2,(H,18,22)(H,19,23). The monoisotopic (exact) mass is 818 g/mol. The van der Waals surface area contributed by atoms with Crippen molar-refractivity contribution in [1.82, 2.24) is 31.1 Å². The molecule has 20 nitrogen and oxygen atoms in total. The first-order valence-electron chi connectivity index (χ1n) is 18.5. The Morgan fingerprint density at radius 3 is 1.30 bits per heavy atom. The van der Waals surface area contributed by atoms with Gasteiger partial charge in [-0.2, -0.15) is 11.8 Å². The van der Waals surface area contributed by atoms with Crippen molar-refractivity contribution < 1.29 is 67.5 Å². The van der Waals surface area contributed by atoms with E-state index >= 15 is 0 Å². The highest BCUT2D eigenvalue weighted by atomic mass is 32.2. The van der Waals surface area contributed by atoms with Gasteiger partial charge in [0.15, 0.2) is 0 Å². The number of nitrogens with one attached hydrogen (secondary N) is 4. The lowest BCUT2D eigenvalue weighted by Gasteiger charge is -2.14. The summed E-state index contributed by atoms with van der Waals surface area (Å²) in [6, 6.07) is 0. The lowest BCUT2D eigenvalue weighted by atomic mass is 10.3. The van der Waals surface area contributed by atoms with E-state index in [0.717, 1.165) is 4.90 Å². The van der Waals surface area contributed by atoms with Crippen LogP contribution >= 0.6 is 11.8 Å². The molecule has 1 unspecified atom stereocenters. The Kier molecular flexibility index (Phi) is 28.7. The van der Waals surface area contributed by atoms with Crippen LogP contribution in [0.15, 0.2) is 12.2 Å². The molecule has 1 saturated heterocycles. The second-order valence-electron chi connectivity index (χ2n) is 12.0. The van der Waals surface area contributed by atoms with Crippen LogP contribution < -0.4 is 21.3 Å². The topological polar surface area (TPSA) is 269 Å². The van der Waals surface area contributed by atoms with Gasteiger partial charge in [-0.25, -0.2) is 0 Å². The summed E-state index contributed by atoms with van der Waals surface area (Å²) in [6.45, 7) is 4.52. The van der Waals surface area contributed by atoms with Gasteiger partial charge >= 0.3 is 0 Å². The zero-order valence-electron chi connectivity index (χ0n) is 32.1. The third-order valence-electron chi connectivity index (χ3n) is 7.65. The maximum absolute atomic E-state index is 12.0. The van der Waals surface area contributed by atoms with Gasteiger partial charge in [0.2, 0.25) is 35.4 Å². The Balaban J connectivity index is 0.000000561. The number of ether oxygens (including phenoxy) is 4. The van der Waals surface area contributed by atoms with E-state index in [9.17, 15) is 38.4 Å². The molecule has 0 aromatic rings. The summed E-state index contributed by atoms with van der Waals surface area (Å²) >= 11 is 1.37. The Labute approximate surface area is 331 Å². The van der Waals surface area contributed by atoms with E-state index in [1.165, 1.54) is 28.8 Å². The number of hydrogen-bond donors (Lipinski definition) is 6. The van der Waals surface area contributed by atoms with Gasteiger partial charge in [0.1, 0.15) is 0 Å². The summed E-state index contributed by atoms with van der Waals surface area (Å²) in [6.07, 6.45) is 5.97. The molecule has 8 amide bonds. The van der Waals surface area contributed by atoms with E-state index in [-0.39, 0.29) is 111 Å². The molecule has 0 aromatic heterocycles. The second kappa shape index (κ2) is 32.1. The number of carbonyl (C=O) groups is 8. The molecule has 21 heteroatoms. The predicted molar refractivity (Wildman–Crippen MR) is 202 cm³/mol. The van der Waals surface area contributed by atoms with E-state index < -0.39 is 0 Å². The summed E-state index contributed by atoms with van der Waals surface area (Å²) < 4.78 is 21.2. The third-order valence-corrected chi connectivity index (χ3v) is 8.59. The highest BCUT2D eigenvalue weighted by molar-refractivity contribution is 8.00. The van der Waals surface area contributed by atoms with Gasteiger partial charge in [-0.3, -0.25) is 48.2 Å². The molecule has 0 spiro atoms. The molecule has 0 aliphatic carbocycles. The van der Waals surface area contributed by atoms with E-state index in [1.807, 2.05) is 0 Å². The van der Waals surface area contributed by atoms with Crippen LogP contribution in [0.2, 0.25) is 0 Å². The maximum atomic E-state index is 12.0. The Bertz CT molecular complexity index is 1260. The number of imide groups is 2. The Morgan fingerprint density at radius 2 is 0.964 bits per heavy atom. The van der Waals surface area contributed by atoms with Crippen LogP contribution in [-0.2, 0) is 57.3 Å². The van der Waals surface area contributed by atoms with Gasteiger partial charge in [-0.05, 0) is 19.1 Å². The minimum Gasteiger partial charge on any atom is -0.396 e. The lowest BCUT2D eigenvalue weighted by Crippen LogP contribution is -2.33. The third kappa shape index (κ3) is 23.8. The first kappa shape index (κ1) is 50.0. The van der Waals surface area contributed by atoms with Gasteiger partial charge in [0.05, 0.1) is 71.3 Å². The molecule has 318 valence electrons. The molecule has 2 aliphatic rings. The maximum Gasteiger partial charge on any atom is 0.253 e. The van der Waals surface area contributed by atoms with Crippen LogP contribution in [0.4, 0.5) is 0 Å². The molecular formula is C35H58N6O14S. The fourth-order valence-electron chi connectivity index (χ4n) is 4.77. The van der Waals surface area contributed by atoms with Crippen molar-refractivity contribution in [2.45, 2.75) is 50.2 Å². The smallest absolute Gasteiger partial charge is 0.253 e. The molecule has 0 saturated carbocycles. The summed E-state index contributed by atoms with van der Waals surface area (Å²) in [5, 5.41) is 27.4. The molecule has 2 rings (SSSR count). The Morgan fingerprint density at radius 1 is 0.607 bits per heavy atom. The highest BCUT2D eigenvalue weighted by Crippen LogP contribution is 2.23. The number of amides is 8. The fourth-order valence-corrected chi connectivity index (χ4v) is 5.41. The molecule has 1 fully saturated rings. The number of hydrogen-bond acceptors (Lipinski definition) is 15. The summed E-state index contributed by atoms with van der Waals surface area (Å²) in [5.74, 6) is -1.77. The number of thioether (sulfide) groups is 1. The number of rotatable bonds is 31. The number of aliphatic hydroxyl groups excluding tert-OH is 2. The molecule has 0 radical (unpaired) electrons. The number of likely N-dealkylation sites (tertiary alicyclic amines) is 1. The second-order valence-corrected chi connectivity index (χ2v) is 13.0. The van der Waals surface area contributed by atoms with E-state index in [1.54, 1.807) is 6.26 Å². The molecule has 0 bridgehead atoms. The number of aliphatic hydroxyl groups is 2. The van der Waals surface area contributed by atoms with Crippen molar-refractivity contribution in [1.29, 1.82) is 0 Å². The SMILES string of the molecule is CSC1CC(=O)N(CCCC(=O)NCCOCCOCCNC(=O)CCO)C1=O.O=C(CCO)NCCOCCOCCNC(=O)CCCN1C(=O)C=CC1=O. The summed E-state index contributed by atoms with van der Waals surface area (Å²) in [5.41, 5.74) is 0. The summed E-state index contributed by atoms with van der Waals surface area (Å²) in [4.78, 5) is 94.3. The number of carbonyl (C=O) groups excluding carboxylic acids is 8. The van der Waals surface area contributed by atoms with Gasteiger partial charge in [0, 0.05) is 83.5 Å². The van der Waals surface area contributed by atoms with Crippen LogP contribution in [-0.4, -0.2) is 184 Å². The van der Waals surface area contributed by atoms with Gasteiger partial charge < -0.3 is 50.4 Å². The average molecular weight is 819 g/mol. The average Bonchev–Trinajstić information content (AvgIpc) is 3.64. The minimum absolute atomic E-state index is 0.0839. The molecule has 2 heterocycles. The van der Waals surface area contributed by atoms with Crippen molar-refractivity contribution in [3.63, 3.8) is 0 Å². The Hall–Kier alpha value is -3.99. The van der Waals surface area contributed by atoms with Crippen molar-refractivity contribution >= 4 is 59.0 Å². The quantitative estimate of drug-likeness (QED) is 0.0306.